The highest BCUT2D eigenvalue weighted by atomic mass is 16.5. The summed E-state index contributed by atoms with van der Waals surface area (Å²) in [5.41, 5.74) is 2.98. The number of aromatic nitrogens is 2. The highest BCUT2D eigenvalue weighted by Gasteiger charge is 2.20. The molecule has 1 N–H and O–H groups in total. The number of nitrogens with zero attached hydrogens (tertiary/aromatic N) is 2. The van der Waals surface area contributed by atoms with Crippen molar-refractivity contribution in [2.45, 2.75) is 25.9 Å². The Kier molecular flexibility index (Phi) is 4.36. The first-order valence-electron chi connectivity index (χ1n) is 7.87. The van der Waals surface area contributed by atoms with Crippen molar-refractivity contribution in [3.63, 3.8) is 0 Å². The second-order valence-electron chi connectivity index (χ2n) is 6.22. The number of carbonyl (C=O) groups is 1. The number of pyridine rings is 1. The maximum atomic E-state index is 11.8. The highest BCUT2D eigenvalue weighted by Crippen LogP contribution is 2.20. The van der Waals surface area contributed by atoms with E-state index in [1.54, 1.807) is 6.07 Å². The molecule has 0 aliphatic rings. The van der Waals surface area contributed by atoms with Crippen LogP contribution in [0.4, 0.5) is 0 Å². The molecule has 0 aliphatic heterocycles. The van der Waals surface area contributed by atoms with Crippen molar-refractivity contribution >= 4 is 11.6 Å². The molecule has 5 heteroatoms. The molecule has 0 saturated heterocycles. The minimum atomic E-state index is -0.379. The fourth-order valence-electron chi connectivity index (χ4n) is 2.69. The van der Waals surface area contributed by atoms with Gasteiger partial charge in [-0.25, -0.2) is 9.78 Å². The van der Waals surface area contributed by atoms with Crippen LogP contribution >= 0.6 is 0 Å². The van der Waals surface area contributed by atoms with E-state index in [-0.39, 0.29) is 11.5 Å². The van der Waals surface area contributed by atoms with Crippen molar-refractivity contribution in [1.82, 2.24) is 14.7 Å². The van der Waals surface area contributed by atoms with Crippen LogP contribution < -0.4 is 5.32 Å². The lowest BCUT2D eigenvalue weighted by molar-refractivity contribution is 0.0602. The molecule has 0 fully saturated rings. The minimum absolute atomic E-state index is 0.178. The van der Waals surface area contributed by atoms with Gasteiger partial charge in [-0.2, -0.15) is 0 Å². The van der Waals surface area contributed by atoms with Crippen LogP contribution in [0.25, 0.3) is 5.65 Å². The van der Waals surface area contributed by atoms with E-state index in [0.717, 1.165) is 5.69 Å². The van der Waals surface area contributed by atoms with Crippen molar-refractivity contribution in [3.05, 3.63) is 71.7 Å². The smallest absolute Gasteiger partial charge is 0.341 e. The lowest BCUT2D eigenvalue weighted by Crippen LogP contribution is -2.35. The molecule has 124 valence electrons. The first-order chi connectivity index (χ1) is 11.5. The molecule has 2 heterocycles. The predicted octanol–water partition coefficient (Wildman–Crippen LogP) is 3.15. The van der Waals surface area contributed by atoms with E-state index in [4.69, 9.17) is 4.74 Å². The molecule has 0 aliphatic carbocycles. The molecule has 5 nitrogen and oxygen atoms in total. The van der Waals surface area contributed by atoms with Gasteiger partial charge in [0, 0.05) is 24.5 Å². The average Bonchev–Trinajstić information content (AvgIpc) is 3.03. The van der Waals surface area contributed by atoms with Gasteiger partial charge < -0.3 is 14.5 Å². The van der Waals surface area contributed by atoms with E-state index in [1.165, 1.54) is 12.7 Å². The van der Waals surface area contributed by atoms with Gasteiger partial charge in [-0.3, -0.25) is 0 Å². The summed E-state index contributed by atoms with van der Waals surface area (Å²) in [7, 11) is 1.37. The van der Waals surface area contributed by atoms with Crippen molar-refractivity contribution in [2.24, 2.45) is 0 Å². The lowest BCUT2D eigenvalue weighted by Gasteiger charge is -2.26. The van der Waals surface area contributed by atoms with Crippen LogP contribution in [-0.2, 0) is 16.8 Å². The van der Waals surface area contributed by atoms with Gasteiger partial charge in [0.15, 0.2) is 5.65 Å². The van der Waals surface area contributed by atoms with E-state index in [2.05, 4.69) is 36.3 Å². The molecule has 3 aromatic rings. The summed E-state index contributed by atoms with van der Waals surface area (Å²) in [6, 6.07) is 13.8. The number of rotatable bonds is 5. The van der Waals surface area contributed by atoms with Gasteiger partial charge in [0.25, 0.3) is 0 Å². The van der Waals surface area contributed by atoms with Crippen LogP contribution in [0.1, 0.15) is 35.5 Å². The summed E-state index contributed by atoms with van der Waals surface area (Å²) >= 11 is 0. The fraction of sp³-hybridized carbons (Fsp3) is 0.263. The molecular weight excluding hydrogens is 302 g/mol. The lowest BCUT2D eigenvalue weighted by atomic mass is 9.94. The first-order valence-corrected chi connectivity index (χ1v) is 7.87. The van der Waals surface area contributed by atoms with Crippen molar-refractivity contribution in [3.8, 4) is 0 Å². The Morgan fingerprint density at radius 1 is 1.21 bits per heavy atom. The number of ether oxygens (including phenoxy) is 1. The third kappa shape index (κ3) is 3.16. The molecule has 24 heavy (non-hydrogen) atoms. The monoisotopic (exact) mass is 323 g/mol. The Morgan fingerprint density at radius 2 is 1.96 bits per heavy atom. The van der Waals surface area contributed by atoms with Gasteiger partial charge in [-0.15, -0.1) is 0 Å². The van der Waals surface area contributed by atoms with Crippen molar-refractivity contribution in [1.29, 1.82) is 0 Å². The molecule has 3 rings (SSSR count). The topological polar surface area (TPSA) is 55.6 Å². The van der Waals surface area contributed by atoms with E-state index < -0.39 is 0 Å². The summed E-state index contributed by atoms with van der Waals surface area (Å²) in [4.78, 5) is 16.4. The summed E-state index contributed by atoms with van der Waals surface area (Å²) < 4.78 is 6.66. The van der Waals surface area contributed by atoms with Gasteiger partial charge in [-0.1, -0.05) is 30.3 Å². The summed E-state index contributed by atoms with van der Waals surface area (Å²) in [5, 5.41) is 3.52. The Morgan fingerprint density at radius 3 is 2.67 bits per heavy atom. The van der Waals surface area contributed by atoms with E-state index >= 15 is 0 Å². The average molecular weight is 323 g/mol. The molecule has 0 radical (unpaired) electrons. The number of benzene rings is 1. The van der Waals surface area contributed by atoms with Crippen LogP contribution in [0.2, 0.25) is 0 Å². The fourth-order valence-corrected chi connectivity index (χ4v) is 2.69. The predicted molar refractivity (Wildman–Crippen MR) is 92.8 cm³/mol. The van der Waals surface area contributed by atoms with E-state index in [1.807, 2.05) is 41.1 Å². The normalized spacial score (nSPS) is 11.6. The standard InChI is InChI=1S/C19H21N3O2/c1-19(2,14-8-5-4-6-9-14)20-12-15-13-22-11-7-10-16(17(22)21-15)18(23)24-3/h4-11,13,20H,12H2,1-3H3. The molecular formula is C19H21N3O2. The zero-order valence-corrected chi connectivity index (χ0v) is 14.1. The maximum absolute atomic E-state index is 11.8. The van der Waals surface area contributed by atoms with E-state index in [0.29, 0.717) is 17.8 Å². The quantitative estimate of drug-likeness (QED) is 0.733. The van der Waals surface area contributed by atoms with E-state index in [9.17, 15) is 4.79 Å². The third-order valence-corrected chi connectivity index (χ3v) is 4.14. The third-order valence-electron chi connectivity index (χ3n) is 4.14. The molecule has 2 aromatic heterocycles. The van der Waals surface area contributed by atoms with Gasteiger partial charge in [-0.05, 0) is 31.5 Å². The first kappa shape index (κ1) is 16.2. The minimum Gasteiger partial charge on any atom is -0.465 e. The van der Waals surface area contributed by atoms with Gasteiger partial charge in [0.2, 0.25) is 0 Å². The number of hydrogen-bond acceptors (Lipinski definition) is 4. The van der Waals surface area contributed by atoms with Crippen molar-refractivity contribution < 1.29 is 9.53 Å². The van der Waals surface area contributed by atoms with Crippen LogP contribution in [0, 0.1) is 0 Å². The Hall–Kier alpha value is -2.66. The second-order valence-corrected chi connectivity index (χ2v) is 6.22. The number of fused-ring (bicyclic) bond motifs is 1. The summed E-state index contributed by atoms with van der Waals surface area (Å²) in [6.45, 7) is 4.88. The molecule has 0 bridgehead atoms. The molecule has 0 atom stereocenters. The summed E-state index contributed by atoms with van der Waals surface area (Å²) in [5.74, 6) is -0.379. The number of nitrogens with one attached hydrogen (secondary N) is 1. The number of esters is 1. The highest BCUT2D eigenvalue weighted by molar-refractivity contribution is 5.95. The van der Waals surface area contributed by atoms with Crippen LogP contribution in [0.5, 0.6) is 0 Å². The number of imidazole rings is 1. The number of carbonyl (C=O) groups excluding carboxylic acids is 1. The van der Waals surface area contributed by atoms with Crippen LogP contribution in [0.3, 0.4) is 0 Å². The Balaban J connectivity index is 1.82. The Labute approximate surface area is 141 Å². The number of hydrogen-bond donors (Lipinski definition) is 1. The van der Waals surface area contributed by atoms with Crippen molar-refractivity contribution in [2.75, 3.05) is 7.11 Å². The molecule has 0 amide bonds. The van der Waals surface area contributed by atoms with Gasteiger partial charge in [0.1, 0.15) is 5.56 Å². The number of methoxy groups -OCH3 is 1. The Bertz CT molecular complexity index is 853. The summed E-state index contributed by atoms with van der Waals surface area (Å²) in [6.07, 6.45) is 3.80. The maximum Gasteiger partial charge on any atom is 0.341 e. The SMILES string of the molecule is COC(=O)c1cccn2cc(CNC(C)(C)c3ccccc3)nc12. The van der Waals surface area contributed by atoms with Crippen LogP contribution in [0.15, 0.2) is 54.9 Å². The molecule has 1 aromatic carbocycles. The largest absolute Gasteiger partial charge is 0.465 e. The molecule has 0 unspecified atom stereocenters. The van der Waals surface area contributed by atoms with Gasteiger partial charge in [0.05, 0.1) is 12.8 Å². The molecule has 0 saturated carbocycles. The van der Waals surface area contributed by atoms with Gasteiger partial charge >= 0.3 is 5.97 Å². The second kappa shape index (κ2) is 6.45. The molecule has 0 spiro atoms. The van der Waals surface area contributed by atoms with Crippen LogP contribution in [-0.4, -0.2) is 22.5 Å². The zero-order valence-electron chi connectivity index (χ0n) is 14.1. The zero-order chi connectivity index (χ0) is 17.2.